The van der Waals surface area contributed by atoms with Crippen LogP contribution in [-0.2, 0) is 9.59 Å². The molecule has 0 aromatic heterocycles. The number of hydrogen-bond acceptors (Lipinski definition) is 3. The van der Waals surface area contributed by atoms with E-state index in [1.165, 1.54) is 0 Å². The number of anilines is 2. The van der Waals surface area contributed by atoms with E-state index < -0.39 is 0 Å². The Hall–Kier alpha value is -2.53. The molecule has 3 rings (SSSR count). The first-order valence-electron chi connectivity index (χ1n) is 8.60. The lowest BCUT2D eigenvalue weighted by Crippen LogP contribution is -2.21. The summed E-state index contributed by atoms with van der Waals surface area (Å²) in [4.78, 5) is 24.9. The van der Waals surface area contributed by atoms with E-state index in [2.05, 4.69) is 10.6 Å². The maximum Gasteiger partial charge on any atom is 0.228 e. The number of rotatable bonds is 6. The van der Waals surface area contributed by atoms with E-state index in [0.717, 1.165) is 5.56 Å². The number of halogens is 1. The standard InChI is InChI=1S/C20H21ClN2O3/c1-3-26-18-10-5-4-8-17(18)23-20(25)14-11-13(14)19(24)22-16-9-6-7-15(21)12(16)2/h4-10,13-14H,3,11H2,1-2H3,(H,22,24)(H,23,25). The maximum atomic E-state index is 12.5. The van der Waals surface area contributed by atoms with E-state index in [-0.39, 0.29) is 23.7 Å². The van der Waals surface area contributed by atoms with E-state index in [1.807, 2.05) is 26.0 Å². The van der Waals surface area contributed by atoms with Crippen molar-refractivity contribution >= 4 is 34.8 Å². The Morgan fingerprint density at radius 3 is 2.35 bits per heavy atom. The van der Waals surface area contributed by atoms with Crippen LogP contribution in [0.2, 0.25) is 5.02 Å². The van der Waals surface area contributed by atoms with Crippen LogP contribution >= 0.6 is 11.6 Å². The molecule has 0 heterocycles. The van der Waals surface area contributed by atoms with Gasteiger partial charge in [0.1, 0.15) is 5.75 Å². The molecule has 2 N–H and O–H groups in total. The fourth-order valence-electron chi connectivity index (χ4n) is 2.82. The first kappa shape index (κ1) is 18.3. The summed E-state index contributed by atoms with van der Waals surface area (Å²) in [6.07, 6.45) is 0.536. The van der Waals surface area contributed by atoms with Crippen LogP contribution in [0.5, 0.6) is 5.75 Å². The van der Waals surface area contributed by atoms with Crippen molar-refractivity contribution < 1.29 is 14.3 Å². The number of amides is 2. The SMILES string of the molecule is CCOc1ccccc1NC(=O)C1CC1C(=O)Nc1cccc(Cl)c1C. The van der Waals surface area contributed by atoms with Crippen molar-refractivity contribution in [1.29, 1.82) is 0 Å². The lowest BCUT2D eigenvalue weighted by Gasteiger charge is -2.11. The predicted octanol–water partition coefficient (Wildman–Crippen LogP) is 4.26. The maximum absolute atomic E-state index is 12.5. The number of hydrogen-bond donors (Lipinski definition) is 2. The first-order chi connectivity index (χ1) is 12.5. The van der Waals surface area contributed by atoms with Crippen LogP contribution in [-0.4, -0.2) is 18.4 Å². The minimum absolute atomic E-state index is 0.159. The monoisotopic (exact) mass is 372 g/mol. The van der Waals surface area contributed by atoms with Gasteiger partial charge in [-0.05, 0) is 50.1 Å². The second-order valence-electron chi connectivity index (χ2n) is 6.27. The van der Waals surface area contributed by atoms with Crippen LogP contribution in [0.3, 0.4) is 0 Å². The summed E-state index contributed by atoms with van der Waals surface area (Å²) in [5, 5.41) is 6.32. The number of carbonyl (C=O) groups excluding carboxylic acids is 2. The van der Waals surface area contributed by atoms with Crippen LogP contribution in [0.15, 0.2) is 42.5 Å². The number of para-hydroxylation sites is 2. The number of nitrogens with one attached hydrogen (secondary N) is 2. The van der Waals surface area contributed by atoms with Gasteiger partial charge >= 0.3 is 0 Å². The zero-order valence-corrected chi connectivity index (χ0v) is 15.5. The Morgan fingerprint density at radius 2 is 1.65 bits per heavy atom. The zero-order valence-electron chi connectivity index (χ0n) is 14.7. The third-order valence-corrected chi connectivity index (χ3v) is 4.84. The van der Waals surface area contributed by atoms with Crippen molar-refractivity contribution in [2.75, 3.05) is 17.2 Å². The van der Waals surface area contributed by atoms with Gasteiger partial charge in [0, 0.05) is 10.7 Å². The summed E-state index contributed by atoms with van der Waals surface area (Å²) in [5.41, 5.74) is 2.11. The molecule has 1 fully saturated rings. The van der Waals surface area contributed by atoms with Gasteiger partial charge in [0.15, 0.2) is 0 Å². The highest BCUT2D eigenvalue weighted by Crippen LogP contribution is 2.41. The van der Waals surface area contributed by atoms with Crippen molar-refractivity contribution in [2.24, 2.45) is 11.8 Å². The van der Waals surface area contributed by atoms with Gasteiger partial charge in [-0.3, -0.25) is 9.59 Å². The summed E-state index contributed by atoms with van der Waals surface area (Å²) >= 11 is 6.08. The summed E-state index contributed by atoms with van der Waals surface area (Å²) in [7, 11) is 0. The average Bonchev–Trinajstić information content (AvgIpc) is 3.42. The lowest BCUT2D eigenvalue weighted by molar-refractivity contribution is -0.122. The van der Waals surface area contributed by atoms with E-state index in [4.69, 9.17) is 16.3 Å². The molecule has 0 spiro atoms. The quantitative estimate of drug-likeness (QED) is 0.796. The number of ether oxygens (including phenoxy) is 1. The summed E-state index contributed by atoms with van der Waals surface area (Å²) in [5.74, 6) is -0.356. The van der Waals surface area contributed by atoms with E-state index in [0.29, 0.717) is 35.2 Å². The topological polar surface area (TPSA) is 67.4 Å². The molecule has 136 valence electrons. The predicted molar refractivity (Wildman–Crippen MR) is 103 cm³/mol. The molecular formula is C20H21ClN2O3. The van der Waals surface area contributed by atoms with Gasteiger partial charge in [0.2, 0.25) is 11.8 Å². The highest BCUT2D eigenvalue weighted by Gasteiger charge is 2.48. The molecule has 5 nitrogen and oxygen atoms in total. The van der Waals surface area contributed by atoms with Gasteiger partial charge in [-0.25, -0.2) is 0 Å². The molecule has 0 bridgehead atoms. The van der Waals surface area contributed by atoms with Crippen molar-refractivity contribution in [2.45, 2.75) is 20.3 Å². The Balaban J connectivity index is 1.60. The van der Waals surface area contributed by atoms with Crippen LogP contribution in [0, 0.1) is 18.8 Å². The molecule has 0 aliphatic heterocycles. The molecule has 1 saturated carbocycles. The van der Waals surface area contributed by atoms with E-state index in [1.54, 1.807) is 30.3 Å². The summed E-state index contributed by atoms with van der Waals surface area (Å²) < 4.78 is 5.51. The van der Waals surface area contributed by atoms with Gasteiger partial charge < -0.3 is 15.4 Å². The number of carbonyl (C=O) groups is 2. The minimum Gasteiger partial charge on any atom is -0.492 e. The second-order valence-corrected chi connectivity index (χ2v) is 6.68. The molecular weight excluding hydrogens is 352 g/mol. The molecule has 0 radical (unpaired) electrons. The zero-order chi connectivity index (χ0) is 18.7. The highest BCUT2D eigenvalue weighted by molar-refractivity contribution is 6.31. The fourth-order valence-corrected chi connectivity index (χ4v) is 2.99. The molecule has 26 heavy (non-hydrogen) atoms. The molecule has 0 saturated heterocycles. The Kier molecular flexibility index (Phi) is 5.47. The Morgan fingerprint density at radius 1 is 1.04 bits per heavy atom. The molecule has 2 aromatic carbocycles. The first-order valence-corrected chi connectivity index (χ1v) is 8.97. The lowest BCUT2D eigenvalue weighted by atomic mass is 10.2. The van der Waals surface area contributed by atoms with Crippen LogP contribution in [0.4, 0.5) is 11.4 Å². The smallest absolute Gasteiger partial charge is 0.228 e. The van der Waals surface area contributed by atoms with Crippen LogP contribution in [0.1, 0.15) is 18.9 Å². The average molecular weight is 373 g/mol. The third kappa shape index (κ3) is 3.99. The van der Waals surface area contributed by atoms with Crippen molar-refractivity contribution in [3.05, 3.63) is 53.1 Å². The van der Waals surface area contributed by atoms with Crippen molar-refractivity contribution in [3.63, 3.8) is 0 Å². The Bertz CT molecular complexity index is 838. The third-order valence-electron chi connectivity index (χ3n) is 4.43. The molecule has 1 aliphatic rings. The van der Waals surface area contributed by atoms with Crippen molar-refractivity contribution in [1.82, 2.24) is 0 Å². The second kappa shape index (κ2) is 7.79. The minimum atomic E-state index is -0.329. The molecule has 1 aliphatic carbocycles. The molecule has 6 heteroatoms. The number of benzene rings is 2. The van der Waals surface area contributed by atoms with Crippen molar-refractivity contribution in [3.8, 4) is 5.75 Å². The van der Waals surface area contributed by atoms with Gasteiger partial charge in [-0.2, -0.15) is 0 Å². The molecule has 2 unspecified atom stereocenters. The van der Waals surface area contributed by atoms with E-state index in [9.17, 15) is 9.59 Å². The summed E-state index contributed by atoms with van der Waals surface area (Å²) in [6, 6.07) is 12.6. The van der Waals surface area contributed by atoms with E-state index >= 15 is 0 Å². The Labute approximate surface area is 157 Å². The normalized spacial score (nSPS) is 18.1. The van der Waals surface area contributed by atoms with Gasteiger partial charge in [-0.1, -0.05) is 29.8 Å². The molecule has 2 amide bonds. The van der Waals surface area contributed by atoms with Gasteiger partial charge in [0.05, 0.1) is 24.1 Å². The molecule has 2 atom stereocenters. The van der Waals surface area contributed by atoms with Crippen LogP contribution in [0.25, 0.3) is 0 Å². The summed E-state index contributed by atoms with van der Waals surface area (Å²) in [6.45, 7) is 4.25. The van der Waals surface area contributed by atoms with Gasteiger partial charge in [-0.15, -0.1) is 0 Å². The fraction of sp³-hybridized carbons (Fsp3) is 0.300. The van der Waals surface area contributed by atoms with Crippen LogP contribution < -0.4 is 15.4 Å². The highest BCUT2D eigenvalue weighted by atomic mass is 35.5. The van der Waals surface area contributed by atoms with Gasteiger partial charge in [0.25, 0.3) is 0 Å². The largest absolute Gasteiger partial charge is 0.492 e. The molecule has 2 aromatic rings.